The Morgan fingerprint density at radius 1 is 1.26 bits per heavy atom. The van der Waals surface area contributed by atoms with Gasteiger partial charge in [0.25, 0.3) is 0 Å². The van der Waals surface area contributed by atoms with Gasteiger partial charge in [-0.25, -0.2) is 4.98 Å². The van der Waals surface area contributed by atoms with Gasteiger partial charge in [-0.3, -0.25) is 0 Å². The maximum absolute atomic E-state index is 8.96. The van der Waals surface area contributed by atoms with Crippen LogP contribution >= 0.6 is 0 Å². The van der Waals surface area contributed by atoms with Crippen molar-refractivity contribution in [3.63, 3.8) is 0 Å². The number of nitrogens with one attached hydrogen (secondary N) is 2. The predicted octanol–water partition coefficient (Wildman–Crippen LogP) is 0.100. The van der Waals surface area contributed by atoms with Crippen molar-refractivity contribution in [3.05, 3.63) is 6.33 Å². The first-order chi connectivity index (χ1) is 11.3. The molecule has 0 amide bonds. The third-order valence-corrected chi connectivity index (χ3v) is 4.30. The van der Waals surface area contributed by atoms with Gasteiger partial charge in [-0.05, 0) is 0 Å². The van der Waals surface area contributed by atoms with E-state index in [0.717, 1.165) is 37.3 Å². The molecule has 2 aliphatic rings. The minimum absolute atomic E-state index is 0.0260. The first-order valence-electron chi connectivity index (χ1n) is 7.88. The summed E-state index contributed by atoms with van der Waals surface area (Å²) in [4.78, 5) is 18.5. The van der Waals surface area contributed by atoms with E-state index in [-0.39, 0.29) is 6.61 Å². The van der Waals surface area contributed by atoms with Crippen LogP contribution in [0.3, 0.4) is 0 Å². The third kappa shape index (κ3) is 2.71. The minimum atomic E-state index is -0.408. The number of nitrogens with zero attached hydrogens (tertiary/aromatic N) is 4. The Hall–Kier alpha value is -1.97. The van der Waals surface area contributed by atoms with Gasteiger partial charge in [-0.2, -0.15) is 9.97 Å². The van der Waals surface area contributed by atoms with Crippen LogP contribution in [0.2, 0.25) is 0 Å². The summed E-state index contributed by atoms with van der Waals surface area (Å²) in [5.74, 6) is 0.886. The number of H-pyrrole nitrogens is 1. The standard InChI is InChI=1S/C14H20N6O3/c21-6-3-15-13-18-11-10(16-9-17-11)12(19-13)20-4-1-14(2-5-20)22-7-8-23-14/h9,21H,1-8H2,(H2,15,16,17,18,19). The minimum Gasteiger partial charge on any atom is -0.395 e. The second kappa shape index (κ2) is 5.91. The molecule has 2 saturated heterocycles. The van der Waals surface area contributed by atoms with Gasteiger partial charge in [0.1, 0.15) is 5.52 Å². The van der Waals surface area contributed by atoms with E-state index in [1.54, 1.807) is 6.33 Å². The number of hydrogen-bond acceptors (Lipinski definition) is 8. The number of piperidine rings is 1. The maximum atomic E-state index is 8.96. The molecular weight excluding hydrogens is 300 g/mol. The van der Waals surface area contributed by atoms with E-state index in [0.29, 0.717) is 31.4 Å². The van der Waals surface area contributed by atoms with E-state index in [1.165, 1.54) is 0 Å². The summed E-state index contributed by atoms with van der Waals surface area (Å²) < 4.78 is 11.5. The van der Waals surface area contributed by atoms with Crippen LogP contribution in [0.1, 0.15) is 12.8 Å². The number of aromatic nitrogens is 4. The smallest absolute Gasteiger partial charge is 0.226 e. The van der Waals surface area contributed by atoms with Crippen LogP contribution in [0, 0.1) is 0 Å². The van der Waals surface area contributed by atoms with Crippen LogP contribution in [-0.2, 0) is 9.47 Å². The van der Waals surface area contributed by atoms with Crippen molar-refractivity contribution in [2.45, 2.75) is 18.6 Å². The SMILES string of the molecule is OCCNc1nc(N2CCC3(CC2)OCCO3)c2[nH]cnc2n1. The summed E-state index contributed by atoms with van der Waals surface area (Å²) in [7, 11) is 0. The average Bonchev–Trinajstić information content (AvgIpc) is 3.22. The molecule has 4 rings (SSSR count). The van der Waals surface area contributed by atoms with Crippen LogP contribution in [0.5, 0.6) is 0 Å². The van der Waals surface area contributed by atoms with E-state index >= 15 is 0 Å². The summed E-state index contributed by atoms with van der Waals surface area (Å²) in [6.07, 6.45) is 3.24. The van der Waals surface area contributed by atoms with Gasteiger partial charge < -0.3 is 29.8 Å². The molecular formula is C14H20N6O3. The van der Waals surface area contributed by atoms with Crippen LogP contribution in [0.15, 0.2) is 6.33 Å². The number of aromatic amines is 1. The number of rotatable bonds is 4. The molecule has 9 heteroatoms. The first-order valence-corrected chi connectivity index (χ1v) is 7.88. The van der Waals surface area contributed by atoms with Crippen LogP contribution in [0.25, 0.3) is 11.2 Å². The summed E-state index contributed by atoms with van der Waals surface area (Å²) in [6, 6.07) is 0. The molecule has 0 unspecified atom stereocenters. The lowest BCUT2D eigenvalue weighted by Gasteiger charge is -2.38. The fourth-order valence-electron chi connectivity index (χ4n) is 3.14. The molecule has 0 atom stereocenters. The molecule has 4 heterocycles. The van der Waals surface area contributed by atoms with Crippen molar-refractivity contribution >= 4 is 22.9 Å². The van der Waals surface area contributed by atoms with Gasteiger partial charge in [-0.1, -0.05) is 0 Å². The number of anilines is 2. The van der Waals surface area contributed by atoms with Gasteiger partial charge in [0, 0.05) is 32.5 Å². The number of hydrogen-bond donors (Lipinski definition) is 3. The Balaban J connectivity index is 1.59. The van der Waals surface area contributed by atoms with E-state index in [1.807, 2.05) is 0 Å². The zero-order chi connectivity index (χ0) is 15.7. The molecule has 0 radical (unpaired) electrons. The highest BCUT2D eigenvalue weighted by Crippen LogP contribution is 2.34. The van der Waals surface area contributed by atoms with Crippen LogP contribution < -0.4 is 10.2 Å². The Morgan fingerprint density at radius 3 is 2.78 bits per heavy atom. The monoisotopic (exact) mass is 320 g/mol. The Bertz CT molecular complexity index is 674. The number of imidazole rings is 1. The Morgan fingerprint density at radius 2 is 2.04 bits per heavy atom. The topological polar surface area (TPSA) is 108 Å². The van der Waals surface area contributed by atoms with Crippen LogP contribution in [0.4, 0.5) is 11.8 Å². The molecule has 2 aromatic rings. The Kier molecular flexibility index (Phi) is 3.76. The normalized spacial score (nSPS) is 20.5. The van der Waals surface area contributed by atoms with Crippen molar-refractivity contribution in [2.75, 3.05) is 49.7 Å². The largest absolute Gasteiger partial charge is 0.395 e. The zero-order valence-electron chi connectivity index (χ0n) is 12.8. The highest BCUT2D eigenvalue weighted by molar-refractivity contribution is 5.84. The highest BCUT2D eigenvalue weighted by Gasteiger charge is 2.40. The fraction of sp³-hybridized carbons (Fsp3) is 0.643. The van der Waals surface area contributed by atoms with Gasteiger partial charge >= 0.3 is 0 Å². The molecule has 0 saturated carbocycles. The molecule has 1 spiro atoms. The number of aliphatic hydroxyl groups excluding tert-OH is 1. The van der Waals surface area contributed by atoms with E-state index < -0.39 is 5.79 Å². The molecule has 0 bridgehead atoms. The second-order valence-corrected chi connectivity index (χ2v) is 5.72. The van der Waals surface area contributed by atoms with Crippen molar-refractivity contribution in [1.82, 2.24) is 19.9 Å². The number of aliphatic hydroxyl groups is 1. The lowest BCUT2D eigenvalue weighted by molar-refractivity contribution is -0.169. The van der Waals surface area contributed by atoms with E-state index in [4.69, 9.17) is 14.6 Å². The maximum Gasteiger partial charge on any atom is 0.226 e. The molecule has 0 aliphatic carbocycles. The fourth-order valence-corrected chi connectivity index (χ4v) is 3.14. The van der Waals surface area contributed by atoms with Crippen molar-refractivity contribution in [2.24, 2.45) is 0 Å². The van der Waals surface area contributed by atoms with Gasteiger partial charge in [-0.15, -0.1) is 0 Å². The molecule has 2 fully saturated rings. The van der Waals surface area contributed by atoms with Crippen molar-refractivity contribution < 1.29 is 14.6 Å². The van der Waals surface area contributed by atoms with E-state index in [9.17, 15) is 0 Å². The molecule has 0 aromatic carbocycles. The third-order valence-electron chi connectivity index (χ3n) is 4.30. The van der Waals surface area contributed by atoms with Gasteiger partial charge in [0.15, 0.2) is 17.3 Å². The molecule has 3 N–H and O–H groups in total. The van der Waals surface area contributed by atoms with Crippen LogP contribution in [-0.4, -0.2) is 70.3 Å². The number of fused-ring (bicyclic) bond motifs is 1. The quantitative estimate of drug-likeness (QED) is 0.728. The zero-order valence-corrected chi connectivity index (χ0v) is 12.8. The molecule has 124 valence electrons. The highest BCUT2D eigenvalue weighted by atomic mass is 16.7. The number of ether oxygens (including phenoxy) is 2. The molecule has 2 aromatic heterocycles. The van der Waals surface area contributed by atoms with Crippen molar-refractivity contribution in [1.29, 1.82) is 0 Å². The summed E-state index contributed by atoms with van der Waals surface area (Å²) in [6.45, 7) is 3.37. The lowest BCUT2D eigenvalue weighted by atomic mass is 10.0. The molecule has 23 heavy (non-hydrogen) atoms. The van der Waals surface area contributed by atoms with Crippen molar-refractivity contribution in [3.8, 4) is 0 Å². The second-order valence-electron chi connectivity index (χ2n) is 5.72. The lowest BCUT2D eigenvalue weighted by Crippen LogP contribution is -2.45. The molecule has 2 aliphatic heterocycles. The average molecular weight is 320 g/mol. The summed E-state index contributed by atoms with van der Waals surface area (Å²) in [5.41, 5.74) is 1.44. The van der Waals surface area contributed by atoms with E-state index in [2.05, 4.69) is 30.2 Å². The van der Waals surface area contributed by atoms with Gasteiger partial charge in [0.2, 0.25) is 5.95 Å². The first kappa shape index (κ1) is 14.6. The molecule has 9 nitrogen and oxygen atoms in total. The predicted molar refractivity (Wildman–Crippen MR) is 83.3 cm³/mol. The summed E-state index contributed by atoms with van der Waals surface area (Å²) in [5, 5.41) is 12.0. The van der Waals surface area contributed by atoms with Gasteiger partial charge in [0.05, 0.1) is 26.1 Å². The summed E-state index contributed by atoms with van der Waals surface area (Å²) >= 11 is 0. The Labute approximate surface area is 133 Å².